The molecule has 0 saturated carbocycles. The molecule has 11 rings (SSSR count). The fourth-order valence-corrected chi connectivity index (χ4v) is 9.20. The van der Waals surface area contributed by atoms with Gasteiger partial charge in [-0.2, -0.15) is 12.1 Å². The fourth-order valence-electron chi connectivity index (χ4n) is 9.20. The number of pyridine rings is 1. The normalized spacial score (nSPS) is 14.9. The molecule has 0 spiro atoms. The molecule has 0 atom stereocenters. The first-order valence-electron chi connectivity index (χ1n) is 21.4. The first kappa shape index (κ1) is 40.8. The third kappa shape index (κ3) is 6.71. The summed E-state index contributed by atoms with van der Waals surface area (Å²) in [5.41, 5.74) is 11.9. The maximum Gasteiger partial charge on any atom is 0.153 e. The van der Waals surface area contributed by atoms with Gasteiger partial charge in [-0.1, -0.05) is 103 Å². The van der Waals surface area contributed by atoms with Crippen molar-refractivity contribution in [1.29, 1.82) is 0 Å². The smallest absolute Gasteiger partial charge is 0.153 e. The third-order valence-corrected chi connectivity index (χ3v) is 12.6. The van der Waals surface area contributed by atoms with E-state index in [0.717, 1.165) is 61.9 Å². The molecule has 0 amide bonds. The third-order valence-electron chi connectivity index (χ3n) is 12.6. The van der Waals surface area contributed by atoms with Gasteiger partial charge in [0, 0.05) is 61.4 Å². The van der Waals surface area contributed by atoms with Gasteiger partial charge in [-0.05, 0) is 93.3 Å². The zero-order valence-corrected chi connectivity index (χ0v) is 39.0. The molecule has 0 N–H and O–H groups in total. The number of fused-ring (bicyclic) bond motifs is 7. The van der Waals surface area contributed by atoms with E-state index in [1.165, 1.54) is 27.9 Å². The topological polar surface area (TPSA) is 46.0 Å². The molecular weight excluding hydrogens is 958 g/mol. The van der Waals surface area contributed by atoms with Crippen molar-refractivity contribution in [3.63, 3.8) is 0 Å². The van der Waals surface area contributed by atoms with Crippen LogP contribution in [0.25, 0.3) is 27.6 Å². The Hall–Kier alpha value is -6.30. The second kappa shape index (κ2) is 14.6. The number of anilines is 5. The number of hydrogen-bond acceptors (Lipinski definition) is 6. The molecule has 3 aliphatic heterocycles. The predicted molar refractivity (Wildman–Crippen MR) is 252 cm³/mol. The Morgan fingerprint density at radius 2 is 1.38 bits per heavy atom. The van der Waals surface area contributed by atoms with Crippen molar-refractivity contribution in [3.8, 4) is 28.8 Å². The van der Waals surface area contributed by atoms with E-state index in [4.69, 9.17) is 14.5 Å². The maximum absolute atomic E-state index is 6.68. The molecule has 0 saturated heterocycles. The van der Waals surface area contributed by atoms with Crippen molar-refractivity contribution >= 4 is 50.2 Å². The van der Waals surface area contributed by atoms with Gasteiger partial charge >= 0.3 is 0 Å². The Labute approximate surface area is 384 Å². The summed E-state index contributed by atoms with van der Waals surface area (Å²) in [5.74, 6) is 3.72. The van der Waals surface area contributed by atoms with Crippen LogP contribution in [0.5, 0.6) is 23.0 Å². The van der Waals surface area contributed by atoms with Gasteiger partial charge in [-0.3, -0.25) is 0 Å². The van der Waals surface area contributed by atoms with Gasteiger partial charge < -0.3 is 28.7 Å². The number of aromatic nitrogens is 2. The molecule has 0 fully saturated rings. The van der Waals surface area contributed by atoms with Crippen molar-refractivity contribution in [2.24, 2.45) is 0 Å². The SMILES string of the molecule is CC(C)(C)c1ccnc(-n2c3[c-]c(Oc4[c-]c(N5C=CN(c6cc7c8c(c6)C(C)(C)c6ccccc6N8c6ccccc6O7)[CH-]5)ccc4)ccc3c3cc(C(C)(C)C)ccc32)c1.[Pt]. The average Bonchev–Trinajstić information content (AvgIpc) is 3.88. The first-order valence-corrected chi connectivity index (χ1v) is 21.4. The molecule has 3 aliphatic rings. The van der Waals surface area contributed by atoms with Crippen molar-refractivity contribution in [1.82, 2.24) is 9.55 Å². The number of ether oxygens (including phenoxy) is 2. The number of rotatable bonds is 5. The molecule has 5 heterocycles. The average molecular weight is 1010 g/mol. The van der Waals surface area contributed by atoms with E-state index in [1.54, 1.807) is 0 Å². The van der Waals surface area contributed by atoms with Gasteiger partial charge in [0.05, 0.1) is 17.1 Å². The van der Waals surface area contributed by atoms with Crippen LogP contribution in [-0.2, 0) is 37.3 Å². The van der Waals surface area contributed by atoms with E-state index >= 15 is 0 Å². The molecule has 8 heteroatoms. The summed E-state index contributed by atoms with van der Waals surface area (Å²) >= 11 is 0. The summed E-state index contributed by atoms with van der Waals surface area (Å²) in [7, 11) is 0. The van der Waals surface area contributed by atoms with Crippen LogP contribution in [-0.4, -0.2) is 9.55 Å². The quantitative estimate of drug-likeness (QED) is 0.160. The molecule has 63 heavy (non-hydrogen) atoms. The van der Waals surface area contributed by atoms with Crippen molar-refractivity contribution in [2.75, 3.05) is 14.7 Å². The van der Waals surface area contributed by atoms with Crippen molar-refractivity contribution in [2.45, 2.75) is 71.6 Å². The van der Waals surface area contributed by atoms with E-state index in [1.807, 2.05) is 48.8 Å². The first-order chi connectivity index (χ1) is 29.7. The van der Waals surface area contributed by atoms with Crippen LogP contribution in [0.3, 0.4) is 0 Å². The minimum absolute atomic E-state index is 0. The van der Waals surface area contributed by atoms with Crippen molar-refractivity contribution < 1.29 is 30.5 Å². The Bertz CT molecular complexity index is 3150. The number of nitrogens with zero attached hydrogens (tertiary/aromatic N) is 5. The van der Waals surface area contributed by atoms with Gasteiger partial charge in [0.25, 0.3) is 0 Å². The fraction of sp³-hybridized carbons (Fsp3) is 0.200. The Morgan fingerprint density at radius 3 is 2.19 bits per heavy atom. The molecule has 0 aliphatic carbocycles. The summed E-state index contributed by atoms with van der Waals surface area (Å²) in [5, 5.41) is 2.26. The Kier molecular flexibility index (Phi) is 9.47. The van der Waals surface area contributed by atoms with Crippen LogP contribution < -0.4 is 24.2 Å². The molecule has 6 aromatic carbocycles. The minimum Gasteiger partial charge on any atom is -0.509 e. The molecular formula is C55H48N5O2Pt-3. The monoisotopic (exact) mass is 1010 g/mol. The standard InChI is InChI=1S/C55H48N5O2.Pt/c1-53(2,3)35-20-23-45-42(28-35)41-22-21-40(33-48(41)59(45)51-29-36(24-25-56-51)54(4,5)6)61-39-15-13-14-37(30-39)57-26-27-58(34-57)38-31-44-52-50(32-38)62-49-19-12-11-18-47(49)60(52)46-17-10-9-16-43(46)55(44,7)8;/h9-29,31-32,34H,1-8H3;/q-3;. The van der Waals surface area contributed by atoms with Crippen LogP contribution in [0, 0.1) is 18.8 Å². The largest absolute Gasteiger partial charge is 0.509 e. The van der Waals surface area contributed by atoms with Crippen LogP contribution in [0.1, 0.15) is 77.6 Å². The number of para-hydroxylation sites is 3. The van der Waals surface area contributed by atoms with E-state index in [-0.39, 0.29) is 37.3 Å². The molecule has 0 unspecified atom stereocenters. The van der Waals surface area contributed by atoms with Crippen LogP contribution in [0.15, 0.2) is 140 Å². The van der Waals surface area contributed by atoms with E-state index in [2.05, 4.69) is 185 Å². The zero-order valence-electron chi connectivity index (χ0n) is 36.7. The Balaban J connectivity index is 0.00000471. The molecule has 8 aromatic rings. The second-order valence-corrected chi connectivity index (χ2v) is 19.2. The van der Waals surface area contributed by atoms with E-state index in [0.29, 0.717) is 11.5 Å². The summed E-state index contributed by atoms with van der Waals surface area (Å²) in [6, 6.07) is 49.8. The second-order valence-electron chi connectivity index (χ2n) is 19.2. The summed E-state index contributed by atoms with van der Waals surface area (Å²) < 4.78 is 15.5. The van der Waals surface area contributed by atoms with Crippen LogP contribution in [0.4, 0.5) is 28.4 Å². The van der Waals surface area contributed by atoms with Crippen LogP contribution in [0.2, 0.25) is 0 Å². The van der Waals surface area contributed by atoms with Gasteiger partial charge in [0.1, 0.15) is 5.82 Å². The summed E-state index contributed by atoms with van der Waals surface area (Å²) in [4.78, 5) is 11.5. The van der Waals surface area contributed by atoms with Gasteiger partial charge in [0.2, 0.25) is 0 Å². The van der Waals surface area contributed by atoms with Crippen molar-refractivity contribution in [3.05, 3.63) is 181 Å². The van der Waals surface area contributed by atoms with E-state index in [9.17, 15) is 0 Å². The molecule has 7 nitrogen and oxygen atoms in total. The predicted octanol–water partition coefficient (Wildman–Crippen LogP) is 14.3. The number of hydrogen-bond donors (Lipinski definition) is 0. The van der Waals surface area contributed by atoms with Gasteiger partial charge in [0.15, 0.2) is 11.5 Å². The van der Waals surface area contributed by atoms with Gasteiger partial charge in [-0.15, -0.1) is 48.1 Å². The molecule has 0 bridgehead atoms. The Morgan fingerprint density at radius 1 is 0.651 bits per heavy atom. The molecule has 0 radical (unpaired) electrons. The van der Waals surface area contributed by atoms with Crippen LogP contribution >= 0.6 is 0 Å². The van der Waals surface area contributed by atoms with E-state index < -0.39 is 0 Å². The number of benzene rings is 6. The zero-order chi connectivity index (χ0) is 42.7. The maximum atomic E-state index is 6.68. The molecule has 318 valence electrons. The summed E-state index contributed by atoms with van der Waals surface area (Å²) in [6.45, 7) is 20.1. The summed E-state index contributed by atoms with van der Waals surface area (Å²) in [6.07, 6.45) is 6.03. The molecule has 2 aromatic heterocycles. The minimum atomic E-state index is -0.262. The van der Waals surface area contributed by atoms with Gasteiger partial charge in [-0.25, -0.2) is 4.98 Å².